The number of benzene rings is 6. The predicted octanol–water partition coefficient (Wildman–Crippen LogP) is 12.3. The second-order valence-electron chi connectivity index (χ2n) is 21.1. The summed E-state index contributed by atoms with van der Waals surface area (Å²) in [7, 11) is 0. The number of carbonyl (C=O) groups is 6. The van der Waals surface area contributed by atoms with Gasteiger partial charge in [-0.3, -0.25) is 55.2 Å². The van der Waals surface area contributed by atoms with E-state index in [0.717, 1.165) is 35.5 Å². The number of amides is 6. The first kappa shape index (κ1) is 61.9. The molecule has 0 aliphatic carbocycles. The normalized spacial score (nSPS) is 11.3. The Morgan fingerprint density at radius 3 is 1.31 bits per heavy atom. The predicted molar refractivity (Wildman–Crippen MR) is 294 cm³/mol. The Hall–Kier alpha value is -8.67. The number of nitrogens with zero attached hydrogens (tertiary/aromatic N) is 4. The first-order chi connectivity index (χ1) is 36.4. The largest absolute Gasteiger partial charge is 0.416 e. The molecule has 0 spiro atoms. The molecule has 0 unspecified atom stereocenters. The minimum absolute atomic E-state index is 0.109. The molecular formula is C60H68F3N7O8. The molecule has 0 aromatic heterocycles. The maximum absolute atomic E-state index is 13.0. The van der Waals surface area contributed by atoms with Crippen molar-refractivity contribution in [1.82, 2.24) is 31.3 Å². The van der Waals surface area contributed by atoms with Crippen molar-refractivity contribution in [3.05, 3.63) is 217 Å². The highest BCUT2D eigenvalue weighted by Gasteiger charge is 2.35. The van der Waals surface area contributed by atoms with Gasteiger partial charge in [-0.2, -0.15) is 13.2 Å². The van der Waals surface area contributed by atoms with E-state index in [2.05, 4.69) is 23.2 Å². The first-order valence-corrected chi connectivity index (χ1v) is 25.0. The second-order valence-corrected chi connectivity index (χ2v) is 21.1. The molecule has 0 aliphatic rings. The number of alkyl halides is 3. The molecule has 78 heavy (non-hydrogen) atoms. The molecule has 3 N–H and O–H groups in total. The summed E-state index contributed by atoms with van der Waals surface area (Å²) < 4.78 is 39.0. The molecule has 6 rings (SSSR count). The van der Waals surface area contributed by atoms with Crippen molar-refractivity contribution in [1.29, 1.82) is 0 Å². The molecule has 6 amide bonds. The van der Waals surface area contributed by atoms with E-state index >= 15 is 0 Å². The van der Waals surface area contributed by atoms with Crippen molar-refractivity contribution in [3.8, 4) is 0 Å². The van der Waals surface area contributed by atoms with Crippen LogP contribution in [0.25, 0.3) is 0 Å². The van der Waals surface area contributed by atoms with Crippen molar-refractivity contribution >= 4 is 41.1 Å². The average Bonchev–Trinajstić information content (AvgIpc) is 3.39. The lowest BCUT2D eigenvalue weighted by Crippen LogP contribution is -2.56. The topological polar surface area (TPSA) is 191 Å². The van der Waals surface area contributed by atoms with Gasteiger partial charge in [0, 0.05) is 33.9 Å². The highest BCUT2D eigenvalue weighted by Crippen LogP contribution is 2.31. The number of rotatable bonds is 9. The van der Waals surface area contributed by atoms with Crippen LogP contribution in [0.5, 0.6) is 0 Å². The summed E-state index contributed by atoms with van der Waals surface area (Å²) in [6.07, 6.45) is -2.51. The number of nitro groups is 1. The molecule has 0 aliphatic heterocycles. The molecule has 15 nitrogen and oxygen atoms in total. The van der Waals surface area contributed by atoms with Crippen LogP contribution in [0.2, 0.25) is 0 Å². The Bertz CT molecular complexity index is 3070. The molecule has 6 aromatic rings. The smallest absolute Gasteiger partial charge is 0.267 e. The number of hydrogen-bond donors (Lipinski definition) is 3. The van der Waals surface area contributed by atoms with Crippen LogP contribution in [0.3, 0.4) is 0 Å². The van der Waals surface area contributed by atoms with Crippen LogP contribution in [0.1, 0.15) is 160 Å². The Kier molecular flexibility index (Phi) is 20.9. The number of nitrogens with one attached hydrogen (secondary N) is 3. The number of nitro benzene ring substituents is 1. The summed E-state index contributed by atoms with van der Waals surface area (Å²) >= 11 is 0. The van der Waals surface area contributed by atoms with Crippen LogP contribution in [0, 0.1) is 24.0 Å². The Morgan fingerprint density at radius 1 is 0.474 bits per heavy atom. The Labute approximate surface area is 453 Å². The molecule has 412 valence electrons. The molecule has 0 saturated heterocycles. The quantitative estimate of drug-likeness (QED) is 0.0941. The SMILES string of the molecule is CC(C)(C)N(NC(=O)c1ccccc1[N+](=O)[O-])C(=O)c1ccccc1.CCCc1ccc(C(=O)NN(C(=O)c2ccccc2)C(C)(C)C)cc1.Cc1ccc(C(F)(F)F)cc1C(=O)NN(C(=O)c1ccccc1C)C(C)(C)C. The lowest BCUT2D eigenvalue weighted by atomic mass is 10.0. The summed E-state index contributed by atoms with van der Waals surface area (Å²) in [5.74, 6) is -2.86. The number of hydrazine groups is 3. The number of halogens is 3. The van der Waals surface area contributed by atoms with Crippen molar-refractivity contribution in [2.75, 3.05) is 0 Å². The van der Waals surface area contributed by atoms with E-state index in [-0.39, 0.29) is 28.6 Å². The van der Waals surface area contributed by atoms with Crippen molar-refractivity contribution in [2.45, 2.75) is 119 Å². The van der Waals surface area contributed by atoms with Gasteiger partial charge in [-0.1, -0.05) is 98.3 Å². The van der Waals surface area contributed by atoms with E-state index in [1.165, 1.54) is 45.9 Å². The van der Waals surface area contributed by atoms with Gasteiger partial charge in [0.25, 0.3) is 41.1 Å². The number of para-hydroxylation sites is 1. The summed E-state index contributed by atoms with van der Waals surface area (Å²) in [4.78, 5) is 87.0. The summed E-state index contributed by atoms with van der Waals surface area (Å²) in [5.41, 5.74) is 8.39. The number of hydrogen-bond acceptors (Lipinski definition) is 8. The van der Waals surface area contributed by atoms with Gasteiger partial charge >= 0.3 is 6.18 Å². The minimum Gasteiger partial charge on any atom is -0.267 e. The zero-order valence-electron chi connectivity index (χ0n) is 46.0. The van der Waals surface area contributed by atoms with E-state index in [1.54, 1.807) is 134 Å². The monoisotopic (exact) mass is 1070 g/mol. The zero-order valence-corrected chi connectivity index (χ0v) is 46.0. The summed E-state index contributed by atoms with van der Waals surface area (Å²) in [5, 5.41) is 14.8. The van der Waals surface area contributed by atoms with Gasteiger partial charge in [0.2, 0.25) is 0 Å². The Morgan fingerprint density at radius 2 is 0.872 bits per heavy atom. The summed E-state index contributed by atoms with van der Waals surface area (Å²) in [6.45, 7) is 21.5. The molecule has 18 heteroatoms. The molecule has 0 atom stereocenters. The molecule has 6 aromatic carbocycles. The summed E-state index contributed by atoms with van der Waals surface area (Å²) in [6, 6.07) is 40.4. The van der Waals surface area contributed by atoms with Crippen LogP contribution in [0.4, 0.5) is 18.9 Å². The van der Waals surface area contributed by atoms with E-state index < -0.39 is 56.9 Å². The maximum Gasteiger partial charge on any atom is 0.416 e. The van der Waals surface area contributed by atoms with Crippen LogP contribution in [-0.4, -0.2) is 72.0 Å². The fourth-order valence-corrected chi connectivity index (χ4v) is 7.39. The number of aryl methyl sites for hydroxylation is 3. The number of carbonyl (C=O) groups excluding carboxylic acids is 6. The van der Waals surface area contributed by atoms with Crippen LogP contribution in [0.15, 0.2) is 152 Å². The molecule has 0 radical (unpaired) electrons. The van der Waals surface area contributed by atoms with E-state index in [1.807, 2.05) is 51.1 Å². The lowest BCUT2D eigenvalue weighted by molar-refractivity contribution is -0.385. The third-order valence-corrected chi connectivity index (χ3v) is 11.6. The molecule has 0 bridgehead atoms. The van der Waals surface area contributed by atoms with Gasteiger partial charge in [0.15, 0.2) is 0 Å². The molecule has 0 heterocycles. The van der Waals surface area contributed by atoms with Gasteiger partial charge in [-0.05, 0) is 160 Å². The zero-order chi connectivity index (χ0) is 58.3. The third kappa shape index (κ3) is 17.2. The fraction of sp³-hybridized carbons (Fsp3) is 0.300. The van der Waals surface area contributed by atoms with Crippen molar-refractivity contribution in [3.63, 3.8) is 0 Å². The van der Waals surface area contributed by atoms with Gasteiger partial charge in [-0.25, -0.2) is 15.0 Å². The van der Waals surface area contributed by atoms with Crippen LogP contribution in [-0.2, 0) is 12.6 Å². The average molecular weight is 1070 g/mol. The maximum atomic E-state index is 13.0. The van der Waals surface area contributed by atoms with E-state index in [9.17, 15) is 52.1 Å². The van der Waals surface area contributed by atoms with Crippen LogP contribution < -0.4 is 16.3 Å². The molecule has 0 saturated carbocycles. The van der Waals surface area contributed by atoms with Crippen molar-refractivity contribution in [2.24, 2.45) is 0 Å². The van der Waals surface area contributed by atoms with Gasteiger partial charge in [-0.15, -0.1) is 0 Å². The van der Waals surface area contributed by atoms with Gasteiger partial charge in [0.1, 0.15) is 5.56 Å². The van der Waals surface area contributed by atoms with Crippen molar-refractivity contribution < 1.29 is 46.9 Å². The van der Waals surface area contributed by atoms with E-state index in [4.69, 9.17) is 0 Å². The van der Waals surface area contributed by atoms with Crippen LogP contribution >= 0.6 is 0 Å². The highest BCUT2D eigenvalue weighted by molar-refractivity contribution is 6.02. The second kappa shape index (κ2) is 26.4. The standard InChI is InChI=1S/C21H23F3N2O2.C21H26N2O2.C18H19N3O4/c1-13-8-6-7-9-16(13)19(28)26(20(3,4)5)25-18(27)17-12-15(21(22,23)24)11-10-14(17)2;1-5-9-16-12-14-17(15-13-16)19(24)22-23(21(2,3)4)20(25)18-10-7-6-8-11-18;1-18(2,3)20(17(23)13-9-5-4-6-10-13)19-16(22)14-11-7-8-12-15(14)21(24)25/h6-12H,1-5H3,(H,25,27);6-8,10-15H,5,9H2,1-4H3,(H,22,24);4-12H,1-3H3,(H,19,22). The lowest BCUT2D eigenvalue weighted by Gasteiger charge is -2.36. The first-order valence-electron chi connectivity index (χ1n) is 25.0. The van der Waals surface area contributed by atoms with Gasteiger partial charge in [0.05, 0.1) is 27.1 Å². The third-order valence-electron chi connectivity index (χ3n) is 11.6. The Balaban J connectivity index is 0.000000253. The molecule has 0 fully saturated rings. The minimum atomic E-state index is -4.57. The fourth-order valence-electron chi connectivity index (χ4n) is 7.39. The highest BCUT2D eigenvalue weighted by atomic mass is 19.4. The van der Waals surface area contributed by atoms with Gasteiger partial charge < -0.3 is 0 Å². The van der Waals surface area contributed by atoms with E-state index in [0.29, 0.717) is 27.8 Å². The molecular weight excluding hydrogens is 1000 g/mol.